The van der Waals surface area contributed by atoms with E-state index in [0.717, 1.165) is 0 Å². The summed E-state index contributed by atoms with van der Waals surface area (Å²) in [5, 5.41) is 20.0. The van der Waals surface area contributed by atoms with E-state index < -0.39 is 11.7 Å². The Morgan fingerprint density at radius 3 is 3.00 bits per heavy atom. The van der Waals surface area contributed by atoms with Gasteiger partial charge in [-0.2, -0.15) is 0 Å². The van der Waals surface area contributed by atoms with Gasteiger partial charge in [0.05, 0.1) is 19.3 Å². The first-order valence-corrected chi connectivity index (χ1v) is 5.02. The first-order chi connectivity index (χ1) is 7.45. The largest absolute Gasteiger partial charge is 0.442 e. The molecule has 0 spiro atoms. The lowest BCUT2D eigenvalue weighted by Crippen LogP contribution is -2.21. The Labute approximate surface area is 92.4 Å². The highest BCUT2D eigenvalue weighted by Crippen LogP contribution is 2.16. The molecule has 1 unspecified atom stereocenters. The highest BCUT2D eigenvalue weighted by molar-refractivity contribution is 5.69. The van der Waals surface area contributed by atoms with Crippen LogP contribution in [-0.4, -0.2) is 38.8 Å². The van der Waals surface area contributed by atoms with Crippen molar-refractivity contribution in [3.63, 3.8) is 0 Å². The molecule has 2 rings (SSSR count). The number of ether oxygens (including phenoxy) is 1. The molecule has 1 fully saturated rings. The molecule has 0 aliphatic carbocycles. The first-order valence-electron chi connectivity index (χ1n) is 5.02. The summed E-state index contributed by atoms with van der Waals surface area (Å²) < 4.78 is 6.51. The molecule has 1 aromatic heterocycles. The van der Waals surface area contributed by atoms with Crippen LogP contribution in [0.1, 0.15) is 19.5 Å². The number of hydrogen-bond acceptors (Lipinski definition) is 5. The molecule has 1 amide bonds. The van der Waals surface area contributed by atoms with Crippen LogP contribution in [-0.2, 0) is 16.9 Å². The monoisotopic (exact) mass is 226 g/mol. The van der Waals surface area contributed by atoms with Crippen LogP contribution in [0.15, 0.2) is 6.20 Å². The Hall–Kier alpha value is -1.63. The fourth-order valence-corrected chi connectivity index (χ4v) is 1.41. The Morgan fingerprint density at radius 2 is 2.50 bits per heavy atom. The van der Waals surface area contributed by atoms with Gasteiger partial charge in [0.2, 0.25) is 0 Å². The van der Waals surface area contributed by atoms with E-state index in [1.807, 2.05) is 0 Å². The summed E-state index contributed by atoms with van der Waals surface area (Å²) >= 11 is 0. The van der Waals surface area contributed by atoms with E-state index >= 15 is 0 Å². The molecule has 1 aliphatic rings. The quantitative estimate of drug-likeness (QED) is 0.733. The van der Waals surface area contributed by atoms with Gasteiger partial charge in [0, 0.05) is 0 Å². The normalized spacial score (nSPS) is 20.7. The van der Waals surface area contributed by atoms with Crippen LogP contribution >= 0.6 is 0 Å². The van der Waals surface area contributed by atoms with Crippen LogP contribution in [0.3, 0.4) is 0 Å². The van der Waals surface area contributed by atoms with E-state index in [1.165, 1.54) is 0 Å². The first kappa shape index (κ1) is 10.9. The molecule has 1 aliphatic heterocycles. The number of aromatic nitrogens is 3. The van der Waals surface area contributed by atoms with Gasteiger partial charge in [-0.1, -0.05) is 5.21 Å². The lowest BCUT2D eigenvalue weighted by Gasteiger charge is -2.12. The lowest BCUT2D eigenvalue weighted by molar-refractivity contribution is 0.0736. The fourth-order valence-electron chi connectivity index (χ4n) is 1.41. The summed E-state index contributed by atoms with van der Waals surface area (Å²) in [6, 6.07) is 0. The summed E-state index contributed by atoms with van der Waals surface area (Å²) in [5.41, 5.74) is -0.521. The minimum atomic E-state index is -1.01. The number of rotatable bonds is 3. The molecule has 0 radical (unpaired) electrons. The Bertz CT molecular complexity index is 396. The summed E-state index contributed by atoms with van der Waals surface area (Å²) in [6.07, 6.45) is 1.00. The van der Waals surface area contributed by atoms with Crippen LogP contribution < -0.4 is 5.32 Å². The second-order valence-corrected chi connectivity index (χ2v) is 4.29. The number of carbonyl (C=O) groups is 1. The predicted molar refractivity (Wildman–Crippen MR) is 53.5 cm³/mol. The van der Waals surface area contributed by atoms with E-state index in [9.17, 15) is 9.90 Å². The van der Waals surface area contributed by atoms with Crippen molar-refractivity contribution >= 4 is 6.09 Å². The third-order valence-electron chi connectivity index (χ3n) is 2.30. The minimum absolute atomic E-state index is 0.233. The highest BCUT2D eigenvalue weighted by atomic mass is 16.6. The average Bonchev–Trinajstić information content (AvgIpc) is 2.74. The van der Waals surface area contributed by atoms with Crippen LogP contribution in [0.2, 0.25) is 0 Å². The zero-order valence-electron chi connectivity index (χ0n) is 9.17. The molecule has 1 aromatic rings. The number of nitrogens with one attached hydrogen (secondary N) is 1. The van der Waals surface area contributed by atoms with Crippen molar-refractivity contribution in [3.8, 4) is 0 Å². The maximum absolute atomic E-state index is 10.8. The van der Waals surface area contributed by atoms with Gasteiger partial charge in [-0.05, 0) is 13.8 Å². The zero-order chi connectivity index (χ0) is 11.8. The lowest BCUT2D eigenvalue weighted by atomic mass is 10.1. The Morgan fingerprint density at radius 1 is 1.75 bits per heavy atom. The molecule has 16 heavy (non-hydrogen) atoms. The standard InChI is InChI=1S/C9H14N4O3/c1-9(2,15)7-5-13(12-11-7)4-6-3-10-8(14)16-6/h5-6,15H,3-4H2,1-2H3,(H,10,14). The summed E-state index contributed by atoms with van der Waals surface area (Å²) in [6.45, 7) is 4.18. The number of amides is 1. The maximum Gasteiger partial charge on any atom is 0.407 e. The molecule has 2 N–H and O–H groups in total. The second kappa shape index (κ2) is 3.75. The van der Waals surface area contributed by atoms with Gasteiger partial charge < -0.3 is 15.2 Å². The summed E-state index contributed by atoms with van der Waals surface area (Å²) in [5.74, 6) is 0. The SMILES string of the molecule is CC(C)(O)c1cn(CC2CNC(=O)O2)nn1. The molecule has 88 valence electrons. The Kier molecular flexibility index (Phi) is 2.55. The molecule has 0 bridgehead atoms. The van der Waals surface area contributed by atoms with Gasteiger partial charge in [0.15, 0.2) is 0 Å². The second-order valence-electron chi connectivity index (χ2n) is 4.29. The smallest absolute Gasteiger partial charge is 0.407 e. The molecular formula is C9H14N4O3. The molecule has 7 heteroatoms. The van der Waals surface area contributed by atoms with E-state index in [2.05, 4.69) is 15.6 Å². The van der Waals surface area contributed by atoms with Gasteiger partial charge in [0.25, 0.3) is 0 Å². The predicted octanol–water partition coefficient (Wildman–Crippen LogP) is -0.386. The number of nitrogens with zero attached hydrogens (tertiary/aromatic N) is 3. The number of aliphatic hydroxyl groups is 1. The van der Waals surface area contributed by atoms with Gasteiger partial charge >= 0.3 is 6.09 Å². The third-order valence-corrected chi connectivity index (χ3v) is 2.30. The topological polar surface area (TPSA) is 89.3 Å². The molecule has 7 nitrogen and oxygen atoms in total. The van der Waals surface area contributed by atoms with E-state index in [0.29, 0.717) is 18.8 Å². The summed E-state index contributed by atoms with van der Waals surface area (Å²) in [4.78, 5) is 10.8. The van der Waals surface area contributed by atoms with Crippen molar-refractivity contribution in [1.29, 1.82) is 0 Å². The molecular weight excluding hydrogens is 212 g/mol. The Balaban J connectivity index is 2.00. The van der Waals surface area contributed by atoms with Gasteiger partial charge in [0.1, 0.15) is 17.4 Å². The highest BCUT2D eigenvalue weighted by Gasteiger charge is 2.25. The number of cyclic esters (lactones) is 1. The van der Waals surface area contributed by atoms with Gasteiger partial charge in [-0.15, -0.1) is 5.10 Å². The van der Waals surface area contributed by atoms with Gasteiger partial charge in [-0.3, -0.25) is 0 Å². The van der Waals surface area contributed by atoms with Crippen molar-refractivity contribution in [3.05, 3.63) is 11.9 Å². The number of carbonyl (C=O) groups excluding carboxylic acids is 1. The third kappa shape index (κ3) is 2.30. The van der Waals surface area contributed by atoms with E-state index in [4.69, 9.17) is 4.74 Å². The number of hydrogen-bond donors (Lipinski definition) is 2. The van der Waals surface area contributed by atoms with Crippen molar-refractivity contribution in [2.75, 3.05) is 6.54 Å². The van der Waals surface area contributed by atoms with E-state index in [1.54, 1.807) is 24.7 Å². The van der Waals surface area contributed by atoms with Crippen LogP contribution in [0.5, 0.6) is 0 Å². The van der Waals surface area contributed by atoms with Crippen molar-refractivity contribution in [2.45, 2.75) is 32.1 Å². The molecule has 0 aromatic carbocycles. The zero-order valence-corrected chi connectivity index (χ0v) is 9.17. The molecule has 1 saturated heterocycles. The van der Waals surface area contributed by atoms with Crippen molar-refractivity contribution in [2.24, 2.45) is 0 Å². The van der Waals surface area contributed by atoms with Crippen LogP contribution in [0.4, 0.5) is 4.79 Å². The molecule has 1 atom stereocenters. The van der Waals surface area contributed by atoms with Crippen LogP contribution in [0, 0.1) is 0 Å². The fraction of sp³-hybridized carbons (Fsp3) is 0.667. The average molecular weight is 226 g/mol. The maximum atomic E-state index is 10.8. The molecule has 0 saturated carbocycles. The van der Waals surface area contributed by atoms with E-state index in [-0.39, 0.29) is 6.10 Å². The van der Waals surface area contributed by atoms with Crippen molar-refractivity contribution in [1.82, 2.24) is 20.3 Å². The molecule has 2 heterocycles. The van der Waals surface area contributed by atoms with Crippen molar-refractivity contribution < 1.29 is 14.6 Å². The van der Waals surface area contributed by atoms with Crippen LogP contribution in [0.25, 0.3) is 0 Å². The number of alkyl carbamates (subject to hydrolysis) is 1. The summed E-state index contributed by atoms with van der Waals surface area (Å²) in [7, 11) is 0. The minimum Gasteiger partial charge on any atom is -0.442 e. The van der Waals surface area contributed by atoms with Gasteiger partial charge in [-0.25, -0.2) is 9.48 Å².